The molecule has 3 N–H and O–H groups in total. The Morgan fingerprint density at radius 2 is 1.76 bits per heavy atom. The van der Waals surface area contributed by atoms with E-state index in [1.54, 1.807) is 23.5 Å². The molecule has 1 aliphatic heterocycles. The van der Waals surface area contributed by atoms with Crippen molar-refractivity contribution >= 4 is 63.1 Å². The third-order valence-electron chi connectivity index (χ3n) is 7.99. The Balaban J connectivity index is 1.21. The van der Waals surface area contributed by atoms with Gasteiger partial charge in [-0.05, 0) is 97.7 Å². The third kappa shape index (κ3) is 4.83. The number of pyridine rings is 1. The van der Waals surface area contributed by atoms with Crippen molar-refractivity contribution in [2.45, 2.75) is 46.9 Å². The second-order valence-corrected chi connectivity index (χ2v) is 12.5. The molecule has 1 amide bonds. The molecule has 0 fully saturated rings. The molecule has 5 nitrogen and oxygen atoms in total. The van der Waals surface area contributed by atoms with Gasteiger partial charge in [0.1, 0.15) is 0 Å². The molecule has 7 heteroatoms. The normalized spacial score (nSPS) is 13.8. The van der Waals surface area contributed by atoms with Crippen molar-refractivity contribution in [3.63, 3.8) is 0 Å². The van der Waals surface area contributed by atoms with Gasteiger partial charge in [-0.2, -0.15) is 0 Å². The Bertz CT molecular complexity index is 1820. The molecule has 0 saturated heterocycles. The summed E-state index contributed by atoms with van der Waals surface area (Å²) in [4.78, 5) is 24.6. The minimum Gasteiger partial charge on any atom is -0.398 e. The average molecular weight is 575 g/mol. The van der Waals surface area contributed by atoms with Crippen LogP contribution < -0.4 is 16.0 Å². The van der Waals surface area contributed by atoms with E-state index in [1.807, 2.05) is 42.5 Å². The van der Waals surface area contributed by atoms with Gasteiger partial charge in [0, 0.05) is 49.2 Å². The predicted molar refractivity (Wildman–Crippen MR) is 172 cm³/mol. The van der Waals surface area contributed by atoms with E-state index in [0.717, 1.165) is 70.6 Å². The summed E-state index contributed by atoms with van der Waals surface area (Å²) in [7, 11) is 0. The molecule has 0 radical (unpaired) electrons. The lowest BCUT2D eigenvalue weighted by Gasteiger charge is -2.33. The summed E-state index contributed by atoms with van der Waals surface area (Å²) in [6.07, 6.45) is 6.34. The van der Waals surface area contributed by atoms with Crippen LogP contribution in [-0.4, -0.2) is 17.1 Å². The maximum Gasteiger partial charge on any atom is 0.256 e. The van der Waals surface area contributed by atoms with E-state index in [1.165, 1.54) is 20.2 Å². The molecule has 2 aliphatic rings. The number of hydrogen-bond acceptors (Lipinski definition) is 6. The molecule has 0 bridgehead atoms. The fraction of sp³-hybridized carbons (Fsp3) is 0.176. The van der Waals surface area contributed by atoms with Gasteiger partial charge in [0.25, 0.3) is 5.91 Å². The Kier molecular flexibility index (Phi) is 6.85. The molecule has 0 spiro atoms. The van der Waals surface area contributed by atoms with Crippen molar-refractivity contribution in [3.8, 4) is 0 Å². The summed E-state index contributed by atoms with van der Waals surface area (Å²) in [6, 6.07) is 28.8. The zero-order valence-corrected chi connectivity index (χ0v) is 24.4. The van der Waals surface area contributed by atoms with E-state index in [2.05, 4.69) is 58.9 Å². The van der Waals surface area contributed by atoms with Gasteiger partial charge in [-0.3, -0.25) is 9.78 Å². The maximum atomic E-state index is 13.7. The number of anilines is 4. The van der Waals surface area contributed by atoms with Crippen molar-refractivity contribution in [2.24, 2.45) is 0 Å². The van der Waals surface area contributed by atoms with Crippen LogP contribution in [0.25, 0.3) is 10.9 Å². The molecule has 0 unspecified atom stereocenters. The maximum absolute atomic E-state index is 13.7. The molecular formula is C34H30N4OS2. The van der Waals surface area contributed by atoms with Crippen LogP contribution >= 0.6 is 23.5 Å². The van der Waals surface area contributed by atoms with E-state index in [9.17, 15) is 4.79 Å². The Labute approximate surface area is 248 Å². The fourth-order valence-electron chi connectivity index (χ4n) is 5.89. The van der Waals surface area contributed by atoms with E-state index in [4.69, 9.17) is 10.7 Å². The lowest BCUT2D eigenvalue weighted by Crippen LogP contribution is -2.23. The van der Waals surface area contributed by atoms with Crippen molar-refractivity contribution < 1.29 is 4.79 Å². The number of nitrogens with zero attached hydrogens (tertiary/aromatic N) is 2. The van der Waals surface area contributed by atoms with Gasteiger partial charge in [0.15, 0.2) is 0 Å². The Morgan fingerprint density at radius 3 is 2.66 bits per heavy atom. The minimum absolute atomic E-state index is 0.137. The van der Waals surface area contributed by atoms with Gasteiger partial charge in [-0.25, -0.2) is 0 Å². The summed E-state index contributed by atoms with van der Waals surface area (Å²) in [5.41, 5.74) is 15.2. The van der Waals surface area contributed by atoms with Crippen LogP contribution in [-0.2, 0) is 19.4 Å². The fourth-order valence-corrected chi connectivity index (χ4v) is 7.40. The first-order valence-corrected chi connectivity index (χ1v) is 16.0. The summed E-state index contributed by atoms with van der Waals surface area (Å²) in [5.74, 6) is -0.137. The summed E-state index contributed by atoms with van der Waals surface area (Å²) < 4.78 is 0. The minimum atomic E-state index is -0.137. The number of thioether (sulfide) groups is 1. The highest BCUT2D eigenvalue weighted by Crippen LogP contribution is 2.49. The second-order valence-electron chi connectivity index (χ2n) is 10.5. The number of nitrogen functional groups attached to an aromatic ring is 1. The predicted octanol–water partition coefficient (Wildman–Crippen LogP) is 8.47. The van der Waals surface area contributed by atoms with Crippen molar-refractivity contribution in [3.05, 3.63) is 107 Å². The number of hydrogen-bond donors (Lipinski definition) is 2. The van der Waals surface area contributed by atoms with Gasteiger partial charge in [0.05, 0.1) is 16.9 Å². The Morgan fingerprint density at radius 1 is 0.951 bits per heavy atom. The Hall–Kier alpha value is -3.94. The number of aromatic nitrogens is 1. The molecule has 204 valence electrons. The van der Waals surface area contributed by atoms with Crippen LogP contribution in [0, 0.1) is 0 Å². The lowest BCUT2D eigenvalue weighted by molar-refractivity contribution is 0.102. The van der Waals surface area contributed by atoms with Crippen LogP contribution in [0.15, 0.2) is 99.6 Å². The van der Waals surface area contributed by atoms with E-state index >= 15 is 0 Å². The molecule has 2 heterocycles. The smallest absolute Gasteiger partial charge is 0.256 e. The van der Waals surface area contributed by atoms with Crippen molar-refractivity contribution in [2.75, 3.05) is 22.2 Å². The SMILES string of the molecule is CSc1ccc2c(c1)N(Cc1ccccc1C(=O)Nc1ccc3nc4c(c(N)c3c1)CCCC4)c1ccccc1S2. The number of carbonyl (C=O) groups excluding carboxylic acids is 1. The van der Waals surface area contributed by atoms with Crippen LogP contribution in [0.2, 0.25) is 0 Å². The van der Waals surface area contributed by atoms with E-state index < -0.39 is 0 Å². The third-order valence-corrected chi connectivity index (χ3v) is 9.84. The van der Waals surface area contributed by atoms with Gasteiger partial charge >= 0.3 is 0 Å². The zero-order chi connectivity index (χ0) is 27.9. The van der Waals surface area contributed by atoms with Crippen LogP contribution in [0.4, 0.5) is 22.7 Å². The first kappa shape index (κ1) is 26.0. The summed E-state index contributed by atoms with van der Waals surface area (Å²) in [5, 5.41) is 4.05. The number of para-hydroxylation sites is 1. The van der Waals surface area contributed by atoms with Gasteiger partial charge < -0.3 is 16.0 Å². The highest BCUT2D eigenvalue weighted by molar-refractivity contribution is 8.00. The molecule has 1 aromatic heterocycles. The largest absolute Gasteiger partial charge is 0.398 e. The van der Waals surface area contributed by atoms with Gasteiger partial charge in [0.2, 0.25) is 0 Å². The number of amides is 1. The lowest BCUT2D eigenvalue weighted by atomic mass is 9.93. The number of nitrogens with one attached hydrogen (secondary N) is 1. The number of rotatable bonds is 5. The van der Waals surface area contributed by atoms with E-state index in [-0.39, 0.29) is 5.91 Å². The number of fused-ring (bicyclic) bond motifs is 4. The van der Waals surface area contributed by atoms with Crippen LogP contribution in [0.5, 0.6) is 0 Å². The molecule has 0 atom stereocenters. The molecular weight excluding hydrogens is 545 g/mol. The highest BCUT2D eigenvalue weighted by Gasteiger charge is 2.25. The first-order valence-electron chi connectivity index (χ1n) is 13.9. The zero-order valence-electron chi connectivity index (χ0n) is 22.8. The highest BCUT2D eigenvalue weighted by atomic mass is 32.2. The molecule has 1 aliphatic carbocycles. The quantitative estimate of drug-likeness (QED) is 0.205. The van der Waals surface area contributed by atoms with Crippen molar-refractivity contribution in [1.29, 1.82) is 0 Å². The number of aryl methyl sites for hydroxylation is 1. The van der Waals surface area contributed by atoms with Crippen molar-refractivity contribution in [1.82, 2.24) is 4.98 Å². The molecule has 41 heavy (non-hydrogen) atoms. The number of nitrogens with two attached hydrogens (primary N) is 1. The molecule has 7 rings (SSSR count). The topological polar surface area (TPSA) is 71.2 Å². The standard InChI is InChI=1S/C34H30N4OS2/c1-40-23-15-17-32-30(19-23)38(29-12-6-7-13-31(29)41-32)20-21-8-2-3-9-24(21)34(39)36-22-14-16-28-26(18-22)33(35)25-10-4-5-11-27(25)37-28/h2-3,6-9,12-19H,4-5,10-11,20H2,1H3,(H2,35,37)(H,36,39). The first-order chi connectivity index (χ1) is 20.1. The second kappa shape index (κ2) is 10.8. The monoisotopic (exact) mass is 574 g/mol. The summed E-state index contributed by atoms with van der Waals surface area (Å²) in [6.45, 7) is 0.576. The van der Waals surface area contributed by atoms with Gasteiger partial charge in [-0.1, -0.05) is 42.1 Å². The molecule has 0 saturated carbocycles. The van der Waals surface area contributed by atoms with Crippen LogP contribution in [0.1, 0.15) is 40.0 Å². The van der Waals surface area contributed by atoms with Crippen LogP contribution in [0.3, 0.4) is 0 Å². The molecule has 4 aromatic carbocycles. The average Bonchev–Trinajstić information content (AvgIpc) is 3.01. The van der Waals surface area contributed by atoms with E-state index in [0.29, 0.717) is 12.1 Å². The molecule has 5 aromatic rings. The number of carbonyl (C=O) groups is 1. The number of benzene rings is 4. The van der Waals surface area contributed by atoms with Gasteiger partial charge in [-0.15, -0.1) is 11.8 Å². The summed E-state index contributed by atoms with van der Waals surface area (Å²) >= 11 is 3.53.